The molecule has 3 aromatic carbocycles. The van der Waals surface area contributed by atoms with Crippen LogP contribution in [0.4, 0.5) is 5.69 Å². The van der Waals surface area contributed by atoms with Crippen molar-refractivity contribution >= 4 is 46.6 Å². The monoisotopic (exact) mass is 675 g/mol. The van der Waals surface area contributed by atoms with Crippen LogP contribution in [-0.2, 0) is 16.1 Å². The van der Waals surface area contributed by atoms with Gasteiger partial charge >= 0.3 is 0 Å². The minimum absolute atomic E-state index is 0.0177. The summed E-state index contributed by atoms with van der Waals surface area (Å²) in [6, 6.07) is 20.3. The summed E-state index contributed by atoms with van der Waals surface area (Å²) < 4.78 is 0. The molecule has 3 saturated heterocycles. The number of nitrogens with one attached hydrogen (secondary N) is 2. The van der Waals surface area contributed by atoms with E-state index in [0.29, 0.717) is 47.3 Å². The van der Waals surface area contributed by atoms with Crippen molar-refractivity contribution in [2.45, 2.75) is 77.2 Å². The molecule has 1 unspecified atom stereocenters. The summed E-state index contributed by atoms with van der Waals surface area (Å²) in [6.45, 7) is 7.88. The summed E-state index contributed by atoms with van der Waals surface area (Å²) in [4.78, 5) is 45.3. The van der Waals surface area contributed by atoms with Crippen LogP contribution in [0, 0.1) is 13.8 Å². The molecule has 10 heteroatoms. The maximum absolute atomic E-state index is 13.9. The molecule has 47 heavy (non-hydrogen) atoms. The fraction of sp³-hybridized carbons (Fsp3) is 0.432. The lowest BCUT2D eigenvalue weighted by atomic mass is 9.96. The van der Waals surface area contributed by atoms with Gasteiger partial charge in [0.05, 0.1) is 22.6 Å². The maximum atomic E-state index is 13.9. The lowest BCUT2D eigenvalue weighted by Gasteiger charge is -2.43. The van der Waals surface area contributed by atoms with Crippen molar-refractivity contribution in [2.75, 3.05) is 31.5 Å². The third-order valence-electron chi connectivity index (χ3n) is 9.82. The van der Waals surface area contributed by atoms with E-state index < -0.39 is 0 Å². The third-order valence-corrected chi connectivity index (χ3v) is 10.6. The van der Waals surface area contributed by atoms with Gasteiger partial charge in [-0.15, -0.1) is 0 Å². The van der Waals surface area contributed by atoms with Crippen LogP contribution in [-0.4, -0.2) is 76.7 Å². The number of benzene rings is 3. The van der Waals surface area contributed by atoms with Gasteiger partial charge in [-0.05, 0) is 87.1 Å². The van der Waals surface area contributed by atoms with E-state index in [9.17, 15) is 14.4 Å². The average Bonchev–Trinajstić information content (AvgIpc) is 3.25. The zero-order chi connectivity index (χ0) is 33.2. The van der Waals surface area contributed by atoms with Crippen LogP contribution in [0.25, 0.3) is 0 Å². The first-order valence-electron chi connectivity index (χ1n) is 16.5. The second kappa shape index (κ2) is 14.4. The van der Waals surface area contributed by atoms with Crippen LogP contribution in [0.1, 0.15) is 71.3 Å². The van der Waals surface area contributed by atoms with Gasteiger partial charge in [-0.3, -0.25) is 19.3 Å². The number of piperazine rings is 1. The fourth-order valence-electron chi connectivity index (χ4n) is 7.75. The standard InChI is InChI=1S/C37H43Cl2N5O3/c1-23-13-24(2)15-28(14-23)37(47)42-11-12-43(35(22-42)27-7-10-33(38)34(39)17-27)36(46)20-40-30-18-31-8-9-32(19-30)44(31)21-26-5-4-6-29(16-26)41-25(3)45/h4-7,10,13-17,30-32,35,40H,8-9,11-12,18-22H2,1-3H3,(H,41,45)/t30?,31-,32+,35-/m0/s1. The van der Waals surface area contributed by atoms with Crippen molar-refractivity contribution in [3.8, 4) is 0 Å². The van der Waals surface area contributed by atoms with Crippen LogP contribution < -0.4 is 10.6 Å². The number of piperidine rings is 1. The van der Waals surface area contributed by atoms with E-state index in [0.717, 1.165) is 54.6 Å². The van der Waals surface area contributed by atoms with E-state index in [-0.39, 0.29) is 36.3 Å². The molecule has 8 nitrogen and oxygen atoms in total. The zero-order valence-corrected chi connectivity index (χ0v) is 28.8. The van der Waals surface area contributed by atoms with E-state index >= 15 is 0 Å². The second-order valence-electron chi connectivity index (χ2n) is 13.4. The molecule has 0 aliphatic carbocycles. The third kappa shape index (κ3) is 7.83. The molecule has 3 amide bonds. The van der Waals surface area contributed by atoms with Gasteiger partial charge in [0.25, 0.3) is 5.91 Å². The number of fused-ring (bicyclic) bond motifs is 2. The molecule has 0 aromatic heterocycles. The van der Waals surface area contributed by atoms with Gasteiger partial charge in [0, 0.05) is 62.5 Å². The Labute approximate surface area is 287 Å². The van der Waals surface area contributed by atoms with Crippen molar-refractivity contribution < 1.29 is 14.4 Å². The molecule has 4 atom stereocenters. The Morgan fingerprint density at radius 1 is 0.872 bits per heavy atom. The minimum Gasteiger partial charge on any atom is -0.334 e. The molecular weight excluding hydrogens is 633 g/mol. The van der Waals surface area contributed by atoms with Crippen molar-refractivity contribution in [2.24, 2.45) is 0 Å². The predicted octanol–water partition coefficient (Wildman–Crippen LogP) is 6.38. The summed E-state index contributed by atoms with van der Waals surface area (Å²) >= 11 is 12.7. The first-order chi connectivity index (χ1) is 22.5. The van der Waals surface area contributed by atoms with Crippen LogP contribution in [0.3, 0.4) is 0 Å². The van der Waals surface area contributed by atoms with Crippen LogP contribution >= 0.6 is 23.2 Å². The highest BCUT2D eigenvalue weighted by molar-refractivity contribution is 6.42. The fourth-order valence-corrected chi connectivity index (χ4v) is 8.05. The Morgan fingerprint density at radius 2 is 1.60 bits per heavy atom. The van der Waals surface area contributed by atoms with Gasteiger partial charge in [-0.25, -0.2) is 0 Å². The van der Waals surface area contributed by atoms with E-state index in [2.05, 4.69) is 33.7 Å². The molecule has 0 saturated carbocycles. The Hall–Kier alpha value is -3.43. The smallest absolute Gasteiger partial charge is 0.254 e. The molecule has 3 fully saturated rings. The summed E-state index contributed by atoms with van der Waals surface area (Å²) in [5.41, 5.74) is 5.64. The zero-order valence-electron chi connectivity index (χ0n) is 27.3. The highest BCUT2D eigenvalue weighted by Gasteiger charge is 2.41. The van der Waals surface area contributed by atoms with Crippen molar-refractivity contribution in [3.05, 3.63) is 98.5 Å². The second-order valence-corrected chi connectivity index (χ2v) is 14.2. The van der Waals surface area contributed by atoms with Crippen LogP contribution in [0.15, 0.2) is 60.7 Å². The Kier molecular flexibility index (Phi) is 10.2. The topological polar surface area (TPSA) is 85.0 Å². The number of carbonyl (C=O) groups is 3. The van der Waals surface area contributed by atoms with Gasteiger partial charge in [-0.2, -0.15) is 0 Å². The summed E-state index contributed by atoms with van der Waals surface area (Å²) in [6.07, 6.45) is 4.28. The van der Waals surface area contributed by atoms with E-state index in [4.69, 9.17) is 23.2 Å². The number of halogens is 2. The molecule has 248 valence electrons. The van der Waals surface area contributed by atoms with Crippen molar-refractivity contribution in [1.29, 1.82) is 0 Å². The number of carbonyl (C=O) groups excluding carboxylic acids is 3. The number of hydrogen-bond donors (Lipinski definition) is 2. The maximum Gasteiger partial charge on any atom is 0.254 e. The molecule has 2 N–H and O–H groups in total. The number of rotatable bonds is 8. The molecule has 3 aliphatic rings. The molecule has 3 heterocycles. The van der Waals surface area contributed by atoms with E-state index in [1.165, 1.54) is 12.5 Å². The Balaban J connectivity index is 1.10. The quantitative estimate of drug-likeness (QED) is 0.290. The number of aryl methyl sites for hydroxylation is 2. The van der Waals surface area contributed by atoms with Gasteiger partial charge in [0.1, 0.15) is 0 Å². The minimum atomic E-state index is -0.339. The number of nitrogens with zero attached hydrogens (tertiary/aromatic N) is 3. The number of hydrogen-bond acceptors (Lipinski definition) is 5. The van der Waals surface area contributed by atoms with Crippen molar-refractivity contribution in [3.63, 3.8) is 0 Å². The molecule has 2 bridgehead atoms. The van der Waals surface area contributed by atoms with Gasteiger partial charge in [-0.1, -0.05) is 58.6 Å². The van der Waals surface area contributed by atoms with Crippen LogP contribution in [0.2, 0.25) is 10.0 Å². The Bertz CT molecular complexity index is 1630. The SMILES string of the molecule is CC(=O)Nc1cccc(CN2[C@@H]3CC[C@H]2CC(NCC(=O)N2CCN(C(=O)c4cc(C)cc(C)c4)C[C@H]2c2ccc(Cl)c(Cl)c2)C3)c1. The normalized spacial score (nSPS) is 22.7. The number of amides is 3. The Morgan fingerprint density at radius 3 is 2.28 bits per heavy atom. The lowest BCUT2D eigenvalue weighted by Crippen LogP contribution is -2.55. The van der Waals surface area contributed by atoms with Gasteiger partial charge in [0.15, 0.2) is 0 Å². The largest absolute Gasteiger partial charge is 0.334 e. The summed E-state index contributed by atoms with van der Waals surface area (Å²) in [5.74, 6) is -0.0834. The molecule has 0 spiro atoms. The first kappa shape index (κ1) is 33.5. The molecule has 0 radical (unpaired) electrons. The predicted molar refractivity (Wildman–Crippen MR) is 187 cm³/mol. The highest BCUT2D eigenvalue weighted by Crippen LogP contribution is 2.37. The number of anilines is 1. The van der Waals surface area contributed by atoms with E-state index in [1.54, 1.807) is 6.07 Å². The van der Waals surface area contributed by atoms with Crippen molar-refractivity contribution in [1.82, 2.24) is 20.0 Å². The van der Waals surface area contributed by atoms with E-state index in [1.807, 2.05) is 60.0 Å². The van der Waals surface area contributed by atoms with Crippen LogP contribution in [0.5, 0.6) is 0 Å². The first-order valence-corrected chi connectivity index (χ1v) is 17.3. The average molecular weight is 677 g/mol. The highest BCUT2D eigenvalue weighted by atomic mass is 35.5. The molecule has 3 aromatic rings. The van der Waals surface area contributed by atoms with Gasteiger partial charge < -0.3 is 20.4 Å². The molecular formula is C37H43Cl2N5O3. The van der Waals surface area contributed by atoms with Gasteiger partial charge in [0.2, 0.25) is 11.8 Å². The summed E-state index contributed by atoms with van der Waals surface area (Å²) in [7, 11) is 0. The molecule has 3 aliphatic heterocycles. The summed E-state index contributed by atoms with van der Waals surface area (Å²) in [5, 5.41) is 7.37. The molecule has 6 rings (SSSR count). The lowest BCUT2D eigenvalue weighted by molar-refractivity contribution is -0.135.